The number of fused-ring (bicyclic) bond motifs is 1. The number of nitrogens with zero attached hydrogens (tertiary/aromatic N) is 1. The molecular formula is C21H17FN2O2S2. The lowest BCUT2D eigenvalue weighted by molar-refractivity contribution is 0.103. The number of thiazole rings is 1. The number of halogens is 1. The standard InChI is InChI=1S/C21H17FN2O2S2/c1-11-17-15(22)5-4-6-16(17)28-19(11)20(25)24-21-23-18(12(2)27-21)13-7-9-14(26-3)10-8-13/h4-10H,1-3H3,(H,23,24,25). The fourth-order valence-corrected chi connectivity index (χ4v) is 5.04. The number of aryl methyl sites for hydroxylation is 2. The largest absolute Gasteiger partial charge is 0.497 e. The van der Waals surface area contributed by atoms with Crippen molar-refractivity contribution in [1.29, 1.82) is 0 Å². The first-order valence-corrected chi connectivity index (χ1v) is 10.2. The summed E-state index contributed by atoms with van der Waals surface area (Å²) < 4.78 is 20.1. The molecule has 0 fully saturated rings. The monoisotopic (exact) mass is 412 g/mol. The van der Waals surface area contributed by atoms with Gasteiger partial charge in [-0.2, -0.15) is 0 Å². The highest BCUT2D eigenvalue weighted by Crippen LogP contribution is 2.35. The maximum atomic E-state index is 14.1. The van der Waals surface area contributed by atoms with Crippen LogP contribution in [0.5, 0.6) is 5.75 Å². The molecule has 0 unspecified atom stereocenters. The molecule has 142 valence electrons. The second-order valence-corrected chi connectivity index (χ2v) is 8.53. The maximum absolute atomic E-state index is 14.1. The van der Waals surface area contributed by atoms with Crippen LogP contribution in [0.3, 0.4) is 0 Å². The van der Waals surface area contributed by atoms with Crippen molar-refractivity contribution in [3.8, 4) is 17.0 Å². The molecule has 4 aromatic rings. The predicted octanol–water partition coefficient (Wildman–Crippen LogP) is 6.04. The third-order valence-electron chi connectivity index (χ3n) is 4.49. The molecule has 0 aliphatic heterocycles. The molecule has 4 rings (SSSR count). The minimum atomic E-state index is -0.308. The Kier molecular flexibility index (Phi) is 4.87. The maximum Gasteiger partial charge on any atom is 0.267 e. The Morgan fingerprint density at radius 1 is 1.11 bits per heavy atom. The third kappa shape index (κ3) is 3.27. The molecule has 28 heavy (non-hydrogen) atoms. The molecule has 0 saturated heterocycles. The Morgan fingerprint density at radius 3 is 2.54 bits per heavy atom. The summed E-state index contributed by atoms with van der Waals surface area (Å²) in [6, 6.07) is 12.5. The van der Waals surface area contributed by atoms with Crippen molar-refractivity contribution in [1.82, 2.24) is 4.98 Å². The van der Waals surface area contributed by atoms with Gasteiger partial charge in [0.15, 0.2) is 5.13 Å². The zero-order chi connectivity index (χ0) is 19.8. The number of anilines is 1. The lowest BCUT2D eigenvalue weighted by Crippen LogP contribution is -2.11. The summed E-state index contributed by atoms with van der Waals surface area (Å²) in [6.45, 7) is 3.74. The summed E-state index contributed by atoms with van der Waals surface area (Å²) >= 11 is 2.70. The first kappa shape index (κ1) is 18.6. The van der Waals surface area contributed by atoms with Gasteiger partial charge in [-0.25, -0.2) is 9.37 Å². The number of aromatic nitrogens is 1. The van der Waals surface area contributed by atoms with Crippen LogP contribution >= 0.6 is 22.7 Å². The molecule has 1 N–H and O–H groups in total. The summed E-state index contributed by atoms with van der Waals surface area (Å²) in [5.74, 6) is 0.197. The summed E-state index contributed by atoms with van der Waals surface area (Å²) in [4.78, 5) is 18.9. The highest BCUT2D eigenvalue weighted by molar-refractivity contribution is 7.21. The Hall–Kier alpha value is -2.77. The zero-order valence-electron chi connectivity index (χ0n) is 15.5. The number of ether oxygens (including phenoxy) is 1. The van der Waals surface area contributed by atoms with Crippen molar-refractivity contribution in [2.45, 2.75) is 13.8 Å². The summed E-state index contributed by atoms with van der Waals surface area (Å²) in [5, 5.41) is 3.89. The van der Waals surface area contributed by atoms with E-state index >= 15 is 0 Å². The van der Waals surface area contributed by atoms with E-state index in [1.165, 1.54) is 28.7 Å². The molecule has 0 aliphatic rings. The molecule has 2 aromatic carbocycles. The number of carbonyl (C=O) groups excluding carboxylic acids is 1. The lowest BCUT2D eigenvalue weighted by Gasteiger charge is -2.02. The number of thiophene rings is 1. The second-order valence-electron chi connectivity index (χ2n) is 6.28. The SMILES string of the molecule is COc1ccc(-c2nc(NC(=O)c3sc4cccc(F)c4c3C)sc2C)cc1. The lowest BCUT2D eigenvalue weighted by atomic mass is 10.1. The third-order valence-corrected chi connectivity index (χ3v) is 6.63. The minimum absolute atomic E-state index is 0.270. The van der Waals surface area contributed by atoms with Gasteiger partial charge in [-0.3, -0.25) is 10.1 Å². The van der Waals surface area contributed by atoms with E-state index in [1.807, 2.05) is 37.3 Å². The van der Waals surface area contributed by atoms with E-state index < -0.39 is 0 Å². The van der Waals surface area contributed by atoms with Gasteiger partial charge >= 0.3 is 0 Å². The molecule has 7 heteroatoms. The number of rotatable bonds is 4. The molecule has 0 atom stereocenters. The van der Waals surface area contributed by atoms with E-state index in [-0.39, 0.29) is 11.7 Å². The number of hydrogen-bond donors (Lipinski definition) is 1. The molecule has 0 spiro atoms. The number of benzene rings is 2. The Labute approximate surface area is 169 Å². The topological polar surface area (TPSA) is 51.2 Å². The predicted molar refractivity (Wildman–Crippen MR) is 113 cm³/mol. The molecular weight excluding hydrogens is 395 g/mol. The van der Waals surface area contributed by atoms with Crippen LogP contribution in [0.2, 0.25) is 0 Å². The van der Waals surface area contributed by atoms with Crippen LogP contribution in [-0.4, -0.2) is 18.0 Å². The summed E-state index contributed by atoms with van der Waals surface area (Å²) in [6.07, 6.45) is 0. The van der Waals surface area contributed by atoms with Gasteiger partial charge in [0, 0.05) is 20.5 Å². The average Bonchev–Trinajstić information content (AvgIpc) is 3.22. The average molecular weight is 413 g/mol. The molecule has 2 heterocycles. The van der Waals surface area contributed by atoms with Gasteiger partial charge in [0.05, 0.1) is 17.7 Å². The number of carbonyl (C=O) groups is 1. The van der Waals surface area contributed by atoms with Crippen molar-refractivity contribution in [2.75, 3.05) is 12.4 Å². The van der Waals surface area contributed by atoms with Crippen LogP contribution in [0, 0.1) is 19.7 Å². The van der Waals surface area contributed by atoms with Crippen molar-refractivity contribution >= 4 is 43.8 Å². The Morgan fingerprint density at radius 2 is 1.86 bits per heavy atom. The van der Waals surface area contributed by atoms with E-state index in [9.17, 15) is 9.18 Å². The van der Waals surface area contributed by atoms with Gasteiger partial charge in [0.2, 0.25) is 0 Å². The molecule has 4 nitrogen and oxygen atoms in total. The van der Waals surface area contributed by atoms with Crippen molar-refractivity contribution in [2.24, 2.45) is 0 Å². The number of amides is 1. The first-order chi connectivity index (χ1) is 13.5. The Balaban J connectivity index is 1.62. The zero-order valence-corrected chi connectivity index (χ0v) is 17.1. The Bertz CT molecular complexity index is 1180. The van der Waals surface area contributed by atoms with Gasteiger partial charge in [-0.1, -0.05) is 6.07 Å². The number of hydrogen-bond acceptors (Lipinski definition) is 5. The highest BCUT2D eigenvalue weighted by Gasteiger charge is 2.19. The van der Waals surface area contributed by atoms with Gasteiger partial charge < -0.3 is 4.74 Å². The fraction of sp³-hybridized carbons (Fsp3) is 0.143. The van der Waals surface area contributed by atoms with E-state index in [0.29, 0.717) is 21.0 Å². The van der Waals surface area contributed by atoms with Crippen LogP contribution < -0.4 is 10.1 Å². The highest BCUT2D eigenvalue weighted by atomic mass is 32.1. The number of nitrogens with one attached hydrogen (secondary N) is 1. The van der Waals surface area contributed by atoms with Gasteiger partial charge in [0.25, 0.3) is 5.91 Å². The van der Waals surface area contributed by atoms with Crippen LogP contribution in [0.15, 0.2) is 42.5 Å². The van der Waals surface area contributed by atoms with Crippen molar-refractivity contribution < 1.29 is 13.9 Å². The second kappa shape index (κ2) is 7.33. The van der Waals surface area contributed by atoms with E-state index in [4.69, 9.17) is 4.74 Å². The summed E-state index contributed by atoms with van der Waals surface area (Å²) in [5.41, 5.74) is 2.43. The smallest absolute Gasteiger partial charge is 0.267 e. The molecule has 1 amide bonds. The normalized spacial score (nSPS) is 11.0. The molecule has 0 bridgehead atoms. The quantitative estimate of drug-likeness (QED) is 0.444. The van der Waals surface area contributed by atoms with Crippen LogP contribution in [-0.2, 0) is 0 Å². The number of methoxy groups -OCH3 is 1. The minimum Gasteiger partial charge on any atom is -0.497 e. The van der Waals surface area contributed by atoms with E-state index in [0.717, 1.165) is 26.6 Å². The van der Waals surface area contributed by atoms with Gasteiger partial charge in [-0.05, 0) is 55.8 Å². The van der Waals surface area contributed by atoms with Gasteiger partial charge in [0.1, 0.15) is 11.6 Å². The van der Waals surface area contributed by atoms with Crippen LogP contribution in [0.4, 0.5) is 9.52 Å². The van der Waals surface area contributed by atoms with Gasteiger partial charge in [-0.15, -0.1) is 22.7 Å². The fourth-order valence-electron chi connectivity index (χ4n) is 3.09. The van der Waals surface area contributed by atoms with E-state index in [1.54, 1.807) is 20.1 Å². The van der Waals surface area contributed by atoms with Crippen molar-refractivity contribution in [3.63, 3.8) is 0 Å². The van der Waals surface area contributed by atoms with Crippen LogP contribution in [0.1, 0.15) is 20.1 Å². The molecule has 0 aliphatic carbocycles. The molecule has 2 aromatic heterocycles. The van der Waals surface area contributed by atoms with Crippen LogP contribution in [0.25, 0.3) is 21.3 Å². The van der Waals surface area contributed by atoms with E-state index in [2.05, 4.69) is 10.3 Å². The molecule has 0 saturated carbocycles. The summed E-state index contributed by atoms with van der Waals surface area (Å²) in [7, 11) is 1.62. The molecule has 0 radical (unpaired) electrons. The first-order valence-electron chi connectivity index (χ1n) is 8.58. The van der Waals surface area contributed by atoms with Crippen molar-refractivity contribution in [3.05, 3.63) is 63.6 Å².